The molecule has 1 N–H and O–H groups in total. The number of benzene rings is 2. The molecule has 0 aliphatic carbocycles. The number of aromatic nitrogens is 2. The van der Waals surface area contributed by atoms with Gasteiger partial charge in [0.1, 0.15) is 17.5 Å². The highest BCUT2D eigenvalue weighted by Gasteiger charge is 2.42. The largest absolute Gasteiger partial charge is 0.457 e. The van der Waals surface area contributed by atoms with Gasteiger partial charge in [0, 0.05) is 29.8 Å². The molecule has 0 spiro atoms. The molecule has 1 fully saturated rings. The van der Waals surface area contributed by atoms with Crippen LogP contribution in [0.1, 0.15) is 43.4 Å². The van der Waals surface area contributed by atoms with Crippen molar-refractivity contribution in [2.45, 2.75) is 32.0 Å². The van der Waals surface area contributed by atoms with E-state index in [1.54, 1.807) is 0 Å². The number of nitrogens with zero attached hydrogens (tertiary/aromatic N) is 3. The molecule has 6 heteroatoms. The summed E-state index contributed by atoms with van der Waals surface area (Å²) < 4.78 is 8.28. The van der Waals surface area contributed by atoms with Crippen LogP contribution in [0, 0.1) is 0 Å². The first-order valence-corrected chi connectivity index (χ1v) is 11.5. The molecule has 4 aromatic rings. The Hall–Kier alpha value is -3.64. The number of para-hydroxylation sites is 1. The van der Waals surface area contributed by atoms with E-state index >= 15 is 0 Å². The van der Waals surface area contributed by atoms with Crippen molar-refractivity contribution in [2.75, 3.05) is 4.90 Å². The van der Waals surface area contributed by atoms with Crippen LogP contribution in [-0.4, -0.2) is 14.7 Å². The van der Waals surface area contributed by atoms with Crippen LogP contribution >= 0.6 is 12.2 Å². The topological polar surface area (TPSA) is 42.3 Å². The van der Waals surface area contributed by atoms with Crippen molar-refractivity contribution < 1.29 is 4.74 Å². The van der Waals surface area contributed by atoms with Gasteiger partial charge >= 0.3 is 0 Å². The molecule has 2 aromatic carbocycles. The molecule has 0 radical (unpaired) electrons. The Morgan fingerprint density at radius 1 is 0.879 bits per heavy atom. The third-order valence-corrected chi connectivity index (χ3v) is 6.18. The van der Waals surface area contributed by atoms with Gasteiger partial charge < -0.3 is 19.5 Å². The summed E-state index contributed by atoms with van der Waals surface area (Å²) in [6.45, 7) is 4.39. The molecule has 3 heterocycles. The summed E-state index contributed by atoms with van der Waals surface area (Å²) in [5, 5.41) is 4.21. The minimum atomic E-state index is -0.0636. The summed E-state index contributed by atoms with van der Waals surface area (Å²) in [5.74, 6) is 1.60. The van der Waals surface area contributed by atoms with Crippen LogP contribution in [0.4, 0.5) is 5.69 Å². The number of nitrogens with one attached hydrogen (secondary N) is 1. The van der Waals surface area contributed by atoms with Gasteiger partial charge in [0.2, 0.25) is 0 Å². The second kappa shape index (κ2) is 9.08. The maximum atomic E-state index is 5.98. The van der Waals surface area contributed by atoms with Crippen molar-refractivity contribution in [2.24, 2.45) is 0 Å². The zero-order chi connectivity index (χ0) is 22.8. The molecule has 33 heavy (non-hydrogen) atoms. The van der Waals surface area contributed by atoms with Crippen LogP contribution in [0.15, 0.2) is 97.3 Å². The van der Waals surface area contributed by atoms with Crippen LogP contribution in [-0.2, 0) is 0 Å². The summed E-state index contributed by atoms with van der Waals surface area (Å²) in [7, 11) is 0. The lowest BCUT2D eigenvalue weighted by molar-refractivity contribution is 0.482. The second-order valence-corrected chi connectivity index (χ2v) is 8.73. The minimum Gasteiger partial charge on any atom is -0.457 e. The lowest BCUT2D eigenvalue weighted by Crippen LogP contribution is -2.30. The molecule has 1 aliphatic heterocycles. The van der Waals surface area contributed by atoms with Crippen molar-refractivity contribution in [3.8, 4) is 11.5 Å². The van der Waals surface area contributed by atoms with Gasteiger partial charge in [0.15, 0.2) is 5.11 Å². The number of pyridine rings is 1. The van der Waals surface area contributed by atoms with Gasteiger partial charge in [-0.3, -0.25) is 4.98 Å². The first-order valence-electron chi connectivity index (χ1n) is 11.1. The first kappa shape index (κ1) is 21.2. The maximum Gasteiger partial charge on any atom is 0.174 e. The average Bonchev–Trinajstić information content (AvgIpc) is 3.45. The summed E-state index contributed by atoms with van der Waals surface area (Å²) in [6, 6.07) is 28.4. The second-order valence-electron chi connectivity index (χ2n) is 8.34. The lowest BCUT2D eigenvalue weighted by Gasteiger charge is -2.30. The van der Waals surface area contributed by atoms with E-state index < -0.39 is 0 Å². The summed E-state index contributed by atoms with van der Waals surface area (Å²) in [6.07, 6.45) is 3.96. The van der Waals surface area contributed by atoms with Gasteiger partial charge in [-0.1, -0.05) is 24.3 Å². The van der Waals surface area contributed by atoms with Gasteiger partial charge in [0.05, 0.1) is 11.7 Å². The average molecular weight is 455 g/mol. The van der Waals surface area contributed by atoms with Gasteiger partial charge in [-0.15, -0.1) is 0 Å². The predicted molar refractivity (Wildman–Crippen MR) is 136 cm³/mol. The van der Waals surface area contributed by atoms with E-state index in [2.05, 4.69) is 70.1 Å². The van der Waals surface area contributed by atoms with E-state index in [0.717, 1.165) is 22.9 Å². The van der Waals surface area contributed by atoms with E-state index in [0.29, 0.717) is 11.2 Å². The Bertz CT molecular complexity index is 1220. The maximum absolute atomic E-state index is 5.98. The highest BCUT2D eigenvalue weighted by molar-refractivity contribution is 7.80. The highest BCUT2D eigenvalue weighted by atomic mass is 32.1. The van der Waals surface area contributed by atoms with Crippen LogP contribution in [0.3, 0.4) is 0 Å². The Kier molecular flexibility index (Phi) is 5.84. The minimum absolute atomic E-state index is 0.0364. The zero-order valence-corrected chi connectivity index (χ0v) is 19.4. The van der Waals surface area contributed by atoms with Gasteiger partial charge in [-0.05, 0) is 86.7 Å². The Balaban J connectivity index is 1.52. The van der Waals surface area contributed by atoms with Gasteiger partial charge in [-0.25, -0.2) is 0 Å². The predicted octanol–water partition coefficient (Wildman–Crippen LogP) is 6.43. The van der Waals surface area contributed by atoms with Crippen molar-refractivity contribution in [1.82, 2.24) is 14.9 Å². The number of anilines is 1. The molecule has 1 aliphatic rings. The molecule has 0 bridgehead atoms. The summed E-state index contributed by atoms with van der Waals surface area (Å²) in [4.78, 5) is 6.83. The van der Waals surface area contributed by atoms with Crippen LogP contribution < -0.4 is 15.0 Å². The fourth-order valence-electron chi connectivity index (χ4n) is 4.36. The Morgan fingerprint density at radius 2 is 1.61 bits per heavy atom. The molecule has 2 aromatic heterocycles. The molecule has 1 saturated heterocycles. The van der Waals surface area contributed by atoms with Crippen LogP contribution in [0.25, 0.3) is 0 Å². The third kappa shape index (κ3) is 4.22. The van der Waals surface area contributed by atoms with Crippen molar-refractivity contribution in [3.63, 3.8) is 0 Å². The normalized spacial score (nSPS) is 17.9. The van der Waals surface area contributed by atoms with E-state index in [1.165, 1.54) is 5.69 Å². The standard InChI is InChI=1S/C27H26N4OS/c1-19(2)30-18-8-12-24(30)26-25(23-11-6-7-17-28-23)29-27(33)31(26)20-13-15-22(16-14-20)32-21-9-4-3-5-10-21/h3-19,25-26H,1-2H3,(H,29,33)/t25-,26+/m0/s1. The van der Waals surface area contributed by atoms with E-state index in [-0.39, 0.29) is 12.1 Å². The zero-order valence-electron chi connectivity index (χ0n) is 18.6. The lowest BCUT2D eigenvalue weighted by atomic mass is 10.0. The smallest absolute Gasteiger partial charge is 0.174 e. The summed E-state index contributed by atoms with van der Waals surface area (Å²) in [5.41, 5.74) is 3.17. The van der Waals surface area contributed by atoms with E-state index in [4.69, 9.17) is 17.0 Å². The molecule has 0 unspecified atom stereocenters. The van der Waals surface area contributed by atoms with Crippen molar-refractivity contribution in [1.29, 1.82) is 0 Å². The monoisotopic (exact) mass is 454 g/mol. The van der Waals surface area contributed by atoms with Crippen LogP contribution in [0.2, 0.25) is 0 Å². The number of ether oxygens (including phenoxy) is 1. The van der Waals surface area contributed by atoms with Crippen molar-refractivity contribution >= 4 is 23.0 Å². The fourth-order valence-corrected chi connectivity index (χ4v) is 4.71. The van der Waals surface area contributed by atoms with Crippen LogP contribution in [0.5, 0.6) is 11.5 Å². The highest BCUT2D eigenvalue weighted by Crippen LogP contribution is 2.42. The van der Waals surface area contributed by atoms with Gasteiger partial charge in [0.25, 0.3) is 0 Å². The summed E-state index contributed by atoms with van der Waals surface area (Å²) >= 11 is 5.84. The molecule has 5 rings (SSSR count). The number of hydrogen-bond donors (Lipinski definition) is 1. The van der Waals surface area contributed by atoms with E-state index in [9.17, 15) is 0 Å². The van der Waals surface area contributed by atoms with E-state index in [1.807, 2.05) is 60.8 Å². The Labute approximate surface area is 199 Å². The molecule has 2 atom stereocenters. The quantitative estimate of drug-likeness (QED) is 0.340. The van der Waals surface area contributed by atoms with Gasteiger partial charge in [-0.2, -0.15) is 0 Å². The fraction of sp³-hybridized carbons (Fsp3) is 0.185. The number of rotatable bonds is 6. The first-order chi connectivity index (χ1) is 16.1. The van der Waals surface area contributed by atoms with Crippen molar-refractivity contribution in [3.05, 3.63) is 109 Å². The Morgan fingerprint density at radius 3 is 2.30 bits per heavy atom. The molecular weight excluding hydrogens is 428 g/mol. The number of thiocarbonyl (C=S) groups is 1. The molecular formula is C27H26N4OS. The molecule has 0 saturated carbocycles. The third-order valence-electron chi connectivity index (χ3n) is 5.86. The molecule has 5 nitrogen and oxygen atoms in total. The molecule has 0 amide bonds. The number of hydrogen-bond acceptors (Lipinski definition) is 3. The molecule has 166 valence electrons. The SMILES string of the molecule is CC(C)n1cccc1[C@@H]1[C@H](c2ccccn2)NC(=S)N1c1ccc(Oc2ccccc2)cc1.